The molecule has 0 saturated heterocycles. The fourth-order valence-corrected chi connectivity index (χ4v) is 2.61. The lowest BCUT2D eigenvalue weighted by Crippen LogP contribution is -1.81. The van der Waals surface area contributed by atoms with Crippen molar-refractivity contribution in [1.82, 2.24) is 9.97 Å². The summed E-state index contributed by atoms with van der Waals surface area (Å²) in [5, 5.41) is 0.803. The molecule has 0 aliphatic rings. The van der Waals surface area contributed by atoms with Gasteiger partial charge in [0.05, 0.1) is 23.9 Å². The van der Waals surface area contributed by atoms with Crippen LogP contribution in [-0.4, -0.2) is 23.4 Å². The highest BCUT2D eigenvalue weighted by molar-refractivity contribution is 7.98. The highest BCUT2D eigenvalue weighted by atomic mass is 32.2. The number of nitrogens with zero attached hydrogens (tertiary/aromatic N) is 1. The van der Waals surface area contributed by atoms with Crippen molar-refractivity contribution in [2.45, 2.75) is 10.9 Å². The van der Waals surface area contributed by atoms with Gasteiger partial charge in [-0.3, -0.25) is 4.79 Å². The molecule has 102 valence electrons. The predicted octanol–water partition coefficient (Wildman–Crippen LogP) is 3.27. The molecule has 2 aromatic heterocycles. The van der Waals surface area contributed by atoms with Gasteiger partial charge in [-0.05, 0) is 24.3 Å². The Bertz CT molecular complexity index is 748. The normalized spacial score (nSPS) is 10.8. The van der Waals surface area contributed by atoms with E-state index in [1.165, 1.54) is 11.8 Å². The summed E-state index contributed by atoms with van der Waals surface area (Å²) in [5.41, 5.74) is 1.82. The number of carbonyl (C=O) groups is 1. The summed E-state index contributed by atoms with van der Waals surface area (Å²) in [5.74, 6) is 2.49. The van der Waals surface area contributed by atoms with E-state index in [1.807, 2.05) is 18.2 Å². The molecule has 0 aliphatic carbocycles. The van der Waals surface area contributed by atoms with Crippen molar-refractivity contribution in [2.75, 3.05) is 7.11 Å². The molecule has 3 aromatic rings. The van der Waals surface area contributed by atoms with Crippen LogP contribution in [0.2, 0.25) is 0 Å². The van der Waals surface area contributed by atoms with E-state index >= 15 is 0 Å². The van der Waals surface area contributed by atoms with Crippen molar-refractivity contribution < 1.29 is 13.9 Å². The second-order valence-electron chi connectivity index (χ2n) is 4.14. The molecule has 1 N–H and O–H groups in total. The zero-order chi connectivity index (χ0) is 13.9. The summed E-state index contributed by atoms with van der Waals surface area (Å²) in [6, 6.07) is 9.14. The maximum absolute atomic E-state index is 10.5. The SMILES string of the molecule is COc1ccc2nc(SCc3ccc(C=O)o3)[nH]c2c1. The molecule has 0 radical (unpaired) electrons. The number of aromatic nitrogens is 2. The van der Waals surface area contributed by atoms with E-state index in [1.54, 1.807) is 19.2 Å². The van der Waals surface area contributed by atoms with Crippen LogP contribution in [0.3, 0.4) is 0 Å². The predicted molar refractivity (Wildman–Crippen MR) is 76.3 cm³/mol. The average Bonchev–Trinajstić information content (AvgIpc) is 3.10. The van der Waals surface area contributed by atoms with Crippen molar-refractivity contribution in [2.24, 2.45) is 0 Å². The quantitative estimate of drug-likeness (QED) is 0.576. The maximum atomic E-state index is 10.5. The van der Waals surface area contributed by atoms with Gasteiger partial charge in [0.15, 0.2) is 17.2 Å². The number of hydrogen-bond donors (Lipinski definition) is 1. The molecule has 0 amide bonds. The number of imidazole rings is 1. The third-order valence-electron chi connectivity index (χ3n) is 2.82. The number of aromatic amines is 1. The summed E-state index contributed by atoms with van der Waals surface area (Å²) in [7, 11) is 1.63. The Labute approximate surface area is 119 Å². The fourth-order valence-electron chi connectivity index (χ4n) is 1.84. The Morgan fingerprint density at radius 2 is 2.30 bits per heavy atom. The second-order valence-corrected chi connectivity index (χ2v) is 5.10. The van der Waals surface area contributed by atoms with Gasteiger partial charge >= 0.3 is 0 Å². The highest BCUT2D eigenvalue weighted by Crippen LogP contribution is 2.25. The maximum Gasteiger partial charge on any atom is 0.185 e. The number of methoxy groups -OCH3 is 1. The van der Waals surface area contributed by atoms with Crippen LogP contribution in [0.25, 0.3) is 11.0 Å². The average molecular weight is 288 g/mol. The third-order valence-corrected chi connectivity index (χ3v) is 3.71. The van der Waals surface area contributed by atoms with Crippen LogP contribution in [0, 0.1) is 0 Å². The Hall–Kier alpha value is -2.21. The zero-order valence-corrected chi connectivity index (χ0v) is 11.6. The van der Waals surface area contributed by atoms with Crippen LogP contribution in [0.15, 0.2) is 39.9 Å². The van der Waals surface area contributed by atoms with E-state index in [-0.39, 0.29) is 0 Å². The molecule has 0 unspecified atom stereocenters. The Kier molecular flexibility index (Phi) is 3.47. The number of hydrogen-bond acceptors (Lipinski definition) is 5. The van der Waals surface area contributed by atoms with Gasteiger partial charge in [-0.2, -0.15) is 0 Å². The molecule has 0 saturated carbocycles. The van der Waals surface area contributed by atoms with Crippen LogP contribution < -0.4 is 4.74 Å². The number of nitrogens with one attached hydrogen (secondary N) is 1. The molecular weight excluding hydrogens is 276 g/mol. The van der Waals surface area contributed by atoms with Gasteiger partial charge < -0.3 is 14.1 Å². The number of fused-ring (bicyclic) bond motifs is 1. The second kappa shape index (κ2) is 5.42. The Morgan fingerprint density at radius 3 is 3.05 bits per heavy atom. The topological polar surface area (TPSA) is 68.1 Å². The van der Waals surface area contributed by atoms with E-state index in [0.717, 1.165) is 27.7 Å². The standard InChI is InChI=1S/C14H12N2O3S/c1-18-9-4-5-12-13(6-9)16-14(15-12)20-8-11-3-2-10(7-17)19-11/h2-7H,8H2,1H3,(H,15,16). The number of ether oxygens (including phenoxy) is 1. The summed E-state index contributed by atoms with van der Waals surface area (Å²) in [6.45, 7) is 0. The van der Waals surface area contributed by atoms with Crippen LogP contribution in [0.4, 0.5) is 0 Å². The molecular formula is C14H12N2O3S. The number of furan rings is 1. The minimum atomic E-state index is 0.343. The fraction of sp³-hybridized carbons (Fsp3) is 0.143. The lowest BCUT2D eigenvalue weighted by Gasteiger charge is -1.96. The van der Waals surface area contributed by atoms with E-state index in [9.17, 15) is 4.79 Å². The summed E-state index contributed by atoms with van der Waals surface area (Å²) < 4.78 is 10.5. The third kappa shape index (κ3) is 2.55. The van der Waals surface area contributed by atoms with Crippen LogP contribution in [0.1, 0.15) is 16.3 Å². The van der Waals surface area contributed by atoms with E-state index in [0.29, 0.717) is 17.8 Å². The summed E-state index contributed by atoms with van der Waals surface area (Å²) >= 11 is 1.52. The Morgan fingerprint density at radius 1 is 1.40 bits per heavy atom. The Balaban J connectivity index is 1.75. The van der Waals surface area contributed by atoms with Crippen molar-refractivity contribution in [3.8, 4) is 5.75 Å². The van der Waals surface area contributed by atoms with E-state index in [4.69, 9.17) is 9.15 Å². The van der Waals surface area contributed by atoms with Gasteiger partial charge in [0.1, 0.15) is 11.5 Å². The molecule has 1 aromatic carbocycles. The number of thioether (sulfide) groups is 1. The number of rotatable bonds is 5. The molecule has 0 fully saturated rings. The molecule has 20 heavy (non-hydrogen) atoms. The first kappa shape index (κ1) is 12.8. The summed E-state index contributed by atoms with van der Waals surface area (Å²) in [6.07, 6.45) is 0.696. The molecule has 0 atom stereocenters. The van der Waals surface area contributed by atoms with Crippen molar-refractivity contribution in [3.63, 3.8) is 0 Å². The number of H-pyrrole nitrogens is 1. The van der Waals surface area contributed by atoms with Gasteiger partial charge in [0.2, 0.25) is 0 Å². The lowest BCUT2D eigenvalue weighted by atomic mass is 10.3. The molecule has 5 nitrogen and oxygen atoms in total. The highest BCUT2D eigenvalue weighted by Gasteiger charge is 2.07. The first-order chi connectivity index (χ1) is 9.78. The minimum Gasteiger partial charge on any atom is -0.497 e. The number of carbonyl (C=O) groups excluding carboxylic acids is 1. The number of aldehydes is 1. The molecule has 2 heterocycles. The first-order valence-corrected chi connectivity index (χ1v) is 6.97. The van der Waals surface area contributed by atoms with Crippen molar-refractivity contribution in [1.29, 1.82) is 0 Å². The molecule has 0 bridgehead atoms. The van der Waals surface area contributed by atoms with Crippen LogP contribution in [-0.2, 0) is 5.75 Å². The molecule has 3 rings (SSSR count). The zero-order valence-electron chi connectivity index (χ0n) is 10.8. The molecule has 0 aliphatic heterocycles. The largest absolute Gasteiger partial charge is 0.497 e. The minimum absolute atomic E-state index is 0.343. The number of benzene rings is 1. The molecule has 6 heteroatoms. The van der Waals surface area contributed by atoms with Crippen LogP contribution >= 0.6 is 11.8 Å². The van der Waals surface area contributed by atoms with E-state index < -0.39 is 0 Å². The summed E-state index contributed by atoms with van der Waals surface area (Å²) in [4.78, 5) is 18.2. The van der Waals surface area contributed by atoms with Crippen molar-refractivity contribution >= 4 is 29.1 Å². The first-order valence-electron chi connectivity index (χ1n) is 5.99. The van der Waals surface area contributed by atoms with E-state index in [2.05, 4.69) is 9.97 Å². The lowest BCUT2D eigenvalue weighted by molar-refractivity contribution is 0.109. The van der Waals surface area contributed by atoms with Gasteiger partial charge in [-0.25, -0.2) is 4.98 Å². The van der Waals surface area contributed by atoms with Gasteiger partial charge in [-0.15, -0.1) is 0 Å². The van der Waals surface area contributed by atoms with Gasteiger partial charge in [0.25, 0.3) is 0 Å². The van der Waals surface area contributed by atoms with Gasteiger partial charge in [0, 0.05) is 6.07 Å². The smallest absolute Gasteiger partial charge is 0.185 e. The van der Waals surface area contributed by atoms with Crippen LogP contribution in [0.5, 0.6) is 5.75 Å². The van der Waals surface area contributed by atoms with Gasteiger partial charge in [-0.1, -0.05) is 11.8 Å². The monoisotopic (exact) mass is 288 g/mol. The van der Waals surface area contributed by atoms with Crippen molar-refractivity contribution in [3.05, 3.63) is 41.9 Å². The molecule has 0 spiro atoms.